The molecule has 8 nitrogen and oxygen atoms in total. The van der Waals surface area contributed by atoms with Crippen molar-refractivity contribution in [2.45, 2.75) is 6.42 Å². The number of rotatable bonds is 8. The number of benzene rings is 2. The lowest BCUT2D eigenvalue weighted by Crippen LogP contribution is -2.19. The Bertz CT molecular complexity index is 983. The molecule has 0 saturated carbocycles. The lowest BCUT2D eigenvalue weighted by atomic mass is 10.2. The number of nitrogens with one attached hydrogen (secondary N) is 1. The van der Waals surface area contributed by atoms with Gasteiger partial charge in [-0.3, -0.25) is 0 Å². The fourth-order valence-corrected chi connectivity index (χ4v) is 2.63. The minimum Gasteiger partial charge on any atom is -0.493 e. The number of halogens is 1. The van der Waals surface area contributed by atoms with E-state index < -0.39 is 6.03 Å². The number of hydrogen-bond acceptors (Lipinski definition) is 6. The second kappa shape index (κ2) is 9.09. The monoisotopic (exact) mass is 402 g/mol. The Morgan fingerprint density at radius 3 is 2.82 bits per heavy atom. The van der Waals surface area contributed by atoms with Crippen molar-refractivity contribution >= 4 is 34.2 Å². The lowest BCUT2D eigenvalue weighted by molar-refractivity contribution is 0.259. The number of primary amides is 1. The highest BCUT2D eigenvalue weighted by Gasteiger charge is 2.13. The molecular weight excluding hydrogens is 384 g/mol. The Labute approximate surface area is 166 Å². The van der Waals surface area contributed by atoms with Crippen LogP contribution in [-0.2, 0) is 0 Å². The van der Waals surface area contributed by atoms with E-state index in [1.165, 1.54) is 6.33 Å². The van der Waals surface area contributed by atoms with Crippen molar-refractivity contribution in [1.82, 2.24) is 9.97 Å². The summed E-state index contributed by atoms with van der Waals surface area (Å²) in [7, 11) is 1.55. The van der Waals surface area contributed by atoms with Gasteiger partial charge in [-0.05, 0) is 24.6 Å². The maximum absolute atomic E-state index is 11.0. The van der Waals surface area contributed by atoms with Crippen molar-refractivity contribution in [3.8, 4) is 23.1 Å². The number of hydrogen-bond donors (Lipinski definition) is 2. The zero-order valence-electron chi connectivity index (χ0n) is 15.1. The van der Waals surface area contributed by atoms with E-state index >= 15 is 0 Å². The quantitative estimate of drug-likeness (QED) is 0.436. The molecule has 3 aromatic rings. The second-order valence-corrected chi connectivity index (χ2v) is 6.09. The number of alkyl halides is 1. The van der Waals surface area contributed by atoms with Crippen molar-refractivity contribution in [2.24, 2.45) is 5.73 Å². The average molecular weight is 403 g/mol. The van der Waals surface area contributed by atoms with Gasteiger partial charge < -0.3 is 25.3 Å². The van der Waals surface area contributed by atoms with Gasteiger partial charge in [0, 0.05) is 23.7 Å². The second-order valence-electron chi connectivity index (χ2n) is 5.71. The van der Waals surface area contributed by atoms with Crippen LogP contribution in [0.5, 0.6) is 23.1 Å². The van der Waals surface area contributed by atoms with Crippen LogP contribution in [0.3, 0.4) is 0 Å². The van der Waals surface area contributed by atoms with Crippen molar-refractivity contribution in [3.63, 3.8) is 0 Å². The molecule has 0 aliphatic rings. The highest BCUT2D eigenvalue weighted by atomic mass is 35.5. The Kier molecular flexibility index (Phi) is 6.33. The van der Waals surface area contributed by atoms with Crippen LogP contribution < -0.4 is 25.3 Å². The molecular formula is C19H19ClN4O4. The van der Waals surface area contributed by atoms with Crippen LogP contribution in [0, 0.1) is 0 Å². The first-order chi connectivity index (χ1) is 13.6. The normalized spacial score (nSPS) is 10.5. The molecule has 146 valence electrons. The van der Waals surface area contributed by atoms with Crippen LogP contribution in [0.15, 0.2) is 42.7 Å². The number of anilines is 1. The van der Waals surface area contributed by atoms with Crippen LogP contribution in [-0.4, -0.2) is 35.6 Å². The molecule has 0 unspecified atom stereocenters. The summed E-state index contributed by atoms with van der Waals surface area (Å²) in [5, 5.41) is 3.15. The van der Waals surface area contributed by atoms with Gasteiger partial charge in [-0.2, -0.15) is 0 Å². The molecule has 3 N–H and O–H groups in total. The molecule has 0 atom stereocenters. The highest BCUT2D eigenvalue weighted by Crippen LogP contribution is 2.36. The molecule has 0 bridgehead atoms. The smallest absolute Gasteiger partial charge is 0.316 e. The van der Waals surface area contributed by atoms with Gasteiger partial charge in [0.1, 0.15) is 12.1 Å². The number of carbonyl (C=O) groups is 1. The van der Waals surface area contributed by atoms with Crippen molar-refractivity contribution < 1.29 is 19.0 Å². The maximum Gasteiger partial charge on any atom is 0.316 e. The van der Waals surface area contributed by atoms with Crippen LogP contribution >= 0.6 is 11.6 Å². The average Bonchev–Trinajstić information content (AvgIpc) is 2.67. The number of nitrogens with zero attached hydrogens (tertiary/aromatic N) is 2. The minimum absolute atomic E-state index is 0.340. The first kappa shape index (κ1) is 19.5. The summed E-state index contributed by atoms with van der Waals surface area (Å²) in [5.41, 5.74) is 6.29. The number of ether oxygens (including phenoxy) is 3. The molecule has 1 aromatic heterocycles. The lowest BCUT2D eigenvalue weighted by Gasteiger charge is -2.13. The van der Waals surface area contributed by atoms with Gasteiger partial charge in [0.2, 0.25) is 5.88 Å². The van der Waals surface area contributed by atoms with Gasteiger partial charge in [0.05, 0.1) is 24.6 Å². The molecule has 28 heavy (non-hydrogen) atoms. The van der Waals surface area contributed by atoms with Gasteiger partial charge in [0.15, 0.2) is 11.5 Å². The molecule has 3 rings (SSSR count). The number of fused-ring (bicyclic) bond motifs is 1. The largest absolute Gasteiger partial charge is 0.493 e. The molecule has 0 aliphatic heterocycles. The zero-order valence-corrected chi connectivity index (χ0v) is 15.9. The van der Waals surface area contributed by atoms with E-state index in [0.29, 0.717) is 52.2 Å². The summed E-state index contributed by atoms with van der Waals surface area (Å²) in [4.78, 5) is 19.5. The molecule has 0 spiro atoms. The molecule has 0 radical (unpaired) electrons. The van der Waals surface area contributed by atoms with E-state index in [4.69, 9.17) is 31.5 Å². The molecule has 2 aromatic carbocycles. The van der Waals surface area contributed by atoms with Crippen molar-refractivity contribution in [3.05, 3.63) is 42.7 Å². The third kappa shape index (κ3) is 4.72. The Morgan fingerprint density at radius 2 is 2.07 bits per heavy atom. The van der Waals surface area contributed by atoms with Crippen LogP contribution in [0.1, 0.15) is 6.42 Å². The van der Waals surface area contributed by atoms with E-state index in [2.05, 4.69) is 15.3 Å². The van der Waals surface area contributed by atoms with Gasteiger partial charge in [-0.1, -0.05) is 6.07 Å². The maximum atomic E-state index is 11.0. The number of carbonyl (C=O) groups excluding carboxylic acids is 1. The van der Waals surface area contributed by atoms with Gasteiger partial charge in [0.25, 0.3) is 0 Å². The molecule has 0 aliphatic carbocycles. The van der Waals surface area contributed by atoms with Crippen LogP contribution in [0.4, 0.5) is 10.5 Å². The Balaban J connectivity index is 1.92. The van der Waals surface area contributed by atoms with E-state index in [9.17, 15) is 4.79 Å². The van der Waals surface area contributed by atoms with Crippen LogP contribution in [0.2, 0.25) is 0 Å². The molecule has 0 saturated heterocycles. The van der Waals surface area contributed by atoms with Crippen molar-refractivity contribution in [1.29, 1.82) is 0 Å². The number of urea groups is 1. The number of aromatic nitrogens is 2. The van der Waals surface area contributed by atoms with E-state index in [1.807, 2.05) is 0 Å². The molecule has 0 fully saturated rings. The first-order valence-corrected chi connectivity index (χ1v) is 9.00. The zero-order chi connectivity index (χ0) is 19.9. The molecule has 9 heteroatoms. The van der Waals surface area contributed by atoms with Crippen LogP contribution in [0.25, 0.3) is 10.9 Å². The predicted octanol–water partition coefficient (Wildman–Crippen LogP) is 3.93. The molecule has 1 heterocycles. The topological polar surface area (TPSA) is 109 Å². The first-order valence-electron chi connectivity index (χ1n) is 8.46. The number of amides is 2. The highest BCUT2D eigenvalue weighted by molar-refractivity contribution is 6.17. The van der Waals surface area contributed by atoms with Crippen molar-refractivity contribution in [2.75, 3.05) is 24.9 Å². The fourth-order valence-electron chi connectivity index (χ4n) is 2.52. The summed E-state index contributed by atoms with van der Waals surface area (Å²) in [6.07, 6.45) is 2.12. The van der Waals surface area contributed by atoms with Gasteiger partial charge >= 0.3 is 6.03 Å². The summed E-state index contributed by atoms with van der Waals surface area (Å²) >= 11 is 5.69. The third-order valence-corrected chi connectivity index (χ3v) is 4.00. The SMILES string of the molecule is COc1cc2c(Oc3cccc(NC(N)=O)c3)ncnc2cc1OCCCCl. The summed E-state index contributed by atoms with van der Waals surface area (Å²) in [5.74, 6) is 2.43. The summed E-state index contributed by atoms with van der Waals surface area (Å²) in [6, 6.07) is 9.67. The number of nitrogens with two attached hydrogens (primary N) is 1. The van der Waals surface area contributed by atoms with E-state index in [0.717, 1.165) is 6.42 Å². The summed E-state index contributed by atoms with van der Waals surface area (Å²) in [6.45, 7) is 0.472. The fraction of sp³-hybridized carbons (Fsp3) is 0.211. The standard InChI is InChI=1S/C19H19ClN4O4/c1-26-16-9-14-15(10-17(16)27-7-3-6-20)22-11-23-18(14)28-13-5-2-4-12(8-13)24-19(21)25/h2,4-5,8-11H,3,6-7H2,1H3,(H3,21,24,25). The Hall–Kier alpha value is -3.26. The Morgan fingerprint density at radius 1 is 1.21 bits per heavy atom. The molecule has 2 amide bonds. The van der Waals surface area contributed by atoms with E-state index in [1.54, 1.807) is 43.5 Å². The third-order valence-electron chi connectivity index (χ3n) is 3.74. The predicted molar refractivity (Wildman–Crippen MR) is 107 cm³/mol. The minimum atomic E-state index is -0.656. The van der Waals surface area contributed by atoms with Gasteiger partial charge in [-0.25, -0.2) is 14.8 Å². The number of methoxy groups -OCH3 is 1. The summed E-state index contributed by atoms with van der Waals surface area (Å²) < 4.78 is 17.0. The van der Waals surface area contributed by atoms with E-state index in [-0.39, 0.29) is 0 Å². The van der Waals surface area contributed by atoms with Gasteiger partial charge in [-0.15, -0.1) is 11.6 Å².